The van der Waals surface area contributed by atoms with E-state index in [1.54, 1.807) is 0 Å². The normalized spacial score (nSPS) is 37.4. The highest BCUT2D eigenvalue weighted by Gasteiger charge is 2.76. The van der Waals surface area contributed by atoms with Crippen LogP contribution >= 0.6 is 0 Å². The van der Waals surface area contributed by atoms with Crippen molar-refractivity contribution in [1.82, 2.24) is 0 Å². The highest BCUT2D eigenvalue weighted by molar-refractivity contribution is 5.06. The van der Waals surface area contributed by atoms with E-state index in [1.807, 2.05) is 0 Å². The molecule has 0 aromatic rings. The van der Waals surface area contributed by atoms with Gasteiger partial charge in [0.25, 0.3) is 0 Å². The molecule has 152 valence electrons. The maximum absolute atomic E-state index is 14.1. The number of nitrogens with zero attached hydrogens (tertiary/aromatic N) is 1. The lowest BCUT2D eigenvalue weighted by Crippen LogP contribution is -2.61. The van der Waals surface area contributed by atoms with Crippen LogP contribution in [0.4, 0.5) is 26.3 Å². The summed E-state index contributed by atoms with van der Waals surface area (Å²) in [6.45, 7) is 2.98. The SMILES string of the molecule is CC1CC(C(C2CCC(N=O)C(C)C2)(C(F)(F)F)C(F)(F)F)CCC1O. The summed E-state index contributed by atoms with van der Waals surface area (Å²) < 4.78 is 84.6. The van der Waals surface area contributed by atoms with Gasteiger partial charge in [-0.2, -0.15) is 31.2 Å². The minimum atomic E-state index is -5.45. The lowest BCUT2D eigenvalue weighted by molar-refractivity contribution is -0.384. The van der Waals surface area contributed by atoms with Gasteiger partial charge in [0, 0.05) is 0 Å². The summed E-state index contributed by atoms with van der Waals surface area (Å²) in [6.07, 6.45) is -13.2. The molecule has 2 saturated carbocycles. The van der Waals surface area contributed by atoms with Crippen LogP contribution in [-0.2, 0) is 0 Å². The summed E-state index contributed by atoms with van der Waals surface area (Å²) >= 11 is 0. The minimum Gasteiger partial charge on any atom is -0.393 e. The Morgan fingerprint density at radius 1 is 0.808 bits per heavy atom. The third-order valence-corrected chi connectivity index (χ3v) is 6.61. The van der Waals surface area contributed by atoms with Gasteiger partial charge in [-0.05, 0) is 62.2 Å². The summed E-state index contributed by atoms with van der Waals surface area (Å²) in [5.41, 5.74) is -3.81. The van der Waals surface area contributed by atoms with Gasteiger partial charge in [0.1, 0.15) is 0 Å². The third kappa shape index (κ3) is 3.47. The number of hydrogen-bond donors (Lipinski definition) is 1. The molecule has 0 heterocycles. The highest BCUT2D eigenvalue weighted by Crippen LogP contribution is 2.65. The van der Waals surface area contributed by atoms with E-state index in [0.29, 0.717) is 0 Å². The Kier molecular flexibility index (Phi) is 6.00. The molecule has 0 spiro atoms. The van der Waals surface area contributed by atoms with Gasteiger partial charge in [-0.15, -0.1) is 0 Å². The van der Waals surface area contributed by atoms with Gasteiger partial charge in [-0.25, -0.2) is 0 Å². The zero-order chi connectivity index (χ0) is 19.9. The van der Waals surface area contributed by atoms with Crippen LogP contribution in [0.2, 0.25) is 0 Å². The van der Waals surface area contributed by atoms with Crippen molar-refractivity contribution in [2.24, 2.45) is 34.3 Å². The molecule has 0 aromatic carbocycles. The maximum Gasteiger partial charge on any atom is 0.403 e. The molecule has 0 saturated heterocycles. The van der Waals surface area contributed by atoms with Crippen molar-refractivity contribution in [2.75, 3.05) is 0 Å². The number of rotatable bonds is 3. The second-order valence-corrected chi connectivity index (χ2v) is 8.08. The van der Waals surface area contributed by atoms with E-state index in [0.717, 1.165) is 0 Å². The van der Waals surface area contributed by atoms with Gasteiger partial charge in [-0.1, -0.05) is 19.0 Å². The van der Waals surface area contributed by atoms with E-state index in [1.165, 1.54) is 13.8 Å². The van der Waals surface area contributed by atoms with E-state index >= 15 is 0 Å². The van der Waals surface area contributed by atoms with Crippen LogP contribution in [0.3, 0.4) is 0 Å². The number of aliphatic hydroxyl groups excluding tert-OH is 1. The molecule has 2 rings (SSSR count). The standard InChI is InChI=1S/C17H25F6NO2/c1-9-7-11(3-5-13(9)24-26)15(16(18,19)20,17(21,22)23)12-4-6-14(25)10(2)8-12/h9-14,25H,3-8H2,1-2H3. The first kappa shape index (κ1) is 21.4. The zero-order valence-corrected chi connectivity index (χ0v) is 14.8. The number of nitroso groups, excluding NO2 is 1. The molecule has 26 heavy (non-hydrogen) atoms. The van der Waals surface area contributed by atoms with Crippen molar-refractivity contribution >= 4 is 0 Å². The molecule has 0 radical (unpaired) electrons. The number of alkyl halides is 6. The highest BCUT2D eigenvalue weighted by atomic mass is 19.4. The van der Waals surface area contributed by atoms with Gasteiger partial charge in [0.15, 0.2) is 5.41 Å². The summed E-state index contributed by atoms with van der Waals surface area (Å²) in [5.74, 6) is -4.51. The Labute approximate surface area is 148 Å². The van der Waals surface area contributed by atoms with Gasteiger partial charge in [0.05, 0.1) is 12.1 Å². The average Bonchev–Trinajstić information content (AvgIpc) is 2.49. The fraction of sp³-hybridized carbons (Fsp3) is 1.00. The van der Waals surface area contributed by atoms with Crippen molar-refractivity contribution < 1.29 is 31.4 Å². The lowest BCUT2D eigenvalue weighted by atomic mass is 9.55. The molecule has 2 fully saturated rings. The summed E-state index contributed by atoms with van der Waals surface area (Å²) in [5, 5.41) is 12.6. The first-order chi connectivity index (χ1) is 11.9. The van der Waals surface area contributed by atoms with Gasteiger partial charge < -0.3 is 5.11 Å². The zero-order valence-electron chi connectivity index (χ0n) is 14.8. The van der Waals surface area contributed by atoms with E-state index in [-0.39, 0.29) is 38.5 Å². The van der Waals surface area contributed by atoms with Crippen molar-refractivity contribution in [3.8, 4) is 0 Å². The predicted octanol–water partition coefficient (Wildman–Crippen LogP) is 5.47. The molecular formula is C17H25F6NO2. The van der Waals surface area contributed by atoms with Crippen LogP contribution in [0, 0.1) is 34.0 Å². The van der Waals surface area contributed by atoms with Crippen molar-refractivity contribution in [3.63, 3.8) is 0 Å². The first-order valence-corrected chi connectivity index (χ1v) is 9.00. The minimum absolute atomic E-state index is 0.0614. The van der Waals surface area contributed by atoms with Crippen molar-refractivity contribution in [3.05, 3.63) is 4.91 Å². The van der Waals surface area contributed by atoms with Gasteiger partial charge in [-0.3, -0.25) is 0 Å². The smallest absolute Gasteiger partial charge is 0.393 e. The Balaban J connectivity index is 2.50. The van der Waals surface area contributed by atoms with E-state index < -0.39 is 53.6 Å². The summed E-state index contributed by atoms with van der Waals surface area (Å²) in [7, 11) is 0. The Morgan fingerprint density at radius 2 is 1.27 bits per heavy atom. The second-order valence-electron chi connectivity index (χ2n) is 8.08. The fourth-order valence-corrected chi connectivity index (χ4v) is 5.16. The van der Waals surface area contributed by atoms with Crippen molar-refractivity contribution in [2.45, 2.75) is 76.9 Å². The average molecular weight is 389 g/mol. The van der Waals surface area contributed by atoms with Gasteiger partial charge in [0.2, 0.25) is 0 Å². The molecule has 2 aliphatic rings. The fourth-order valence-electron chi connectivity index (χ4n) is 5.16. The molecule has 0 aromatic heterocycles. The molecular weight excluding hydrogens is 364 g/mol. The van der Waals surface area contributed by atoms with Crippen LogP contribution in [0.15, 0.2) is 5.18 Å². The number of halogens is 6. The quantitative estimate of drug-likeness (QED) is 0.514. The predicted molar refractivity (Wildman–Crippen MR) is 83.1 cm³/mol. The Hall–Kier alpha value is -0.860. The molecule has 6 atom stereocenters. The van der Waals surface area contributed by atoms with Gasteiger partial charge >= 0.3 is 12.4 Å². The summed E-state index contributed by atoms with van der Waals surface area (Å²) in [4.78, 5) is 10.8. The second kappa shape index (κ2) is 7.28. The monoisotopic (exact) mass is 389 g/mol. The van der Waals surface area contributed by atoms with E-state index in [2.05, 4.69) is 5.18 Å². The molecule has 9 heteroatoms. The summed E-state index contributed by atoms with van der Waals surface area (Å²) in [6, 6.07) is -0.738. The molecule has 1 N–H and O–H groups in total. The molecule has 6 unspecified atom stereocenters. The maximum atomic E-state index is 14.1. The Morgan fingerprint density at radius 3 is 1.65 bits per heavy atom. The molecule has 0 aliphatic heterocycles. The number of hydrogen-bond acceptors (Lipinski definition) is 3. The first-order valence-electron chi connectivity index (χ1n) is 9.00. The largest absolute Gasteiger partial charge is 0.403 e. The van der Waals surface area contributed by atoms with Crippen LogP contribution < -0.4 is 0 Å². The Bertz CT molecular complexity index is 492. The lowest BCUT2D eigenvalue weighted by Gasteiger charge is -2.52. The molecule has 0 amide bonds. The third-order valence-electron chi connectivity index (χ3n) is 6.61. The van der Waals surface area contributed by atoms with Crippen LogP contribution in [-0.4, -0.2) is 29.6 Å². The van der Waals surface area contributed by atoms with Crippen LogP contribution in [0.25, 0.3) is 0 Å². The van der Waals surface area contributed by atoms with Crippen LogP contribution in [0.1, 0.15) is 52.4 Å². The van der Waals surface area contributed by atoms with E-state index in [9.17, 15) is 36.4 Å². The number of aliphatic hydroxyl groups is 1. The van der Waals surface area contributed by atoms with Crippen LogP contribution in [0.5, 0.6) is 0 Å². The topological polar surface area (TPSA) is 49.7 Å². The molecule has 2 aliphatic carbocycles. The van der Waals surface area contributed by atoms with Crippen molar-refractivity contribution in [1.29, 1.82) is 0 Å². The molecule has 3 nitrogen and oxygen atoms in total. The van der Waals surface area contributed by atoms with E-state index in [4.69, 9.17) is 0 Å². The molecule has 0 bridgehead atoms.